The molecule has 6 heteroatoms. The Morgan fingerprint density at radius 3 is 2.69 bits per heavy atom. The van der Waals surface area contributed by atoms with Gasteiger partial charge in [-0.3, -0.25) is 4.79 Å². The van der Waals surface area contributed by atoms with Crippen molar-refractivity contribution in [1.29, 1.82) is 0 Å². The van der Waals surface area contributed by atoms with Crippen LogP contribution in [-0.2, 0) is 7.05 Å². The van der Waals surface area contributed by atoms with Crippen LogP contribution in [0.1, 0.15) is 16.9 Å². The molecule has 1 aliphatic rings. The summed E-state index contributed by atoms with van der Waals surface area (Å²) >= 11 is 3.24. The van der Waals surface area contributed by atoms with Gasteiger partial charge < -0.3 is 9.47 Å². The Morgan fingerprint density at radius 1 is 1.56 bits per heavy atom. The van der Waals surface area contributed by atoms with Gasteiger partial charge in [0.1, 0.15) is 5.69 Å². The van der Waals surface area contributed by atoms with Gasteiger partial charge in [0.15, 0.2) is 0 Å². The van der Waals surface area contributed by atoms with Crippen LogP contribution in [0.2, 0.25) is 0 Å². The van der Waals surface area contributed by atoms with E-state index in [0.29, 0.717) is 5.69 Å². The topological polar surface area (TPSA) is 25.2 Å². The average molecular weight is 293 g/mol. The maximum Gasteiger partial charge on any atom is 0.270 e. The quantitative estimate of drug-likeness (QED) is 0.779. The number of nitrogens with zero attached hydrogens (tertiary/aromatic N) is 2. The van der Waals surface area contributed by atoms with Gasteiger partial charge in [-0.25, -0.2) is 8.78 Å². The Hall–Kier alpha value is -0.910. The SMILES string of the molecule is Cn1cc(Br)cc1C(=O)N1CCC(F)(F)C1. The monoisotopic (exact) mass is 292 g/mol. The molecule has 88 valence electrons. The minimum absolute atomic E-state index is 0.120. The summed E-state index contributed by atoms with van der Waals surface area (Å²) in [6.45, 7) is -0.358. The Morgan fingerprint density at radius 2 is 2.25 bits per heavy atom. The zero-order valence-corrected chi connectivity index (χ0v) is 10.3. The number of likely N-dealkylation sites (tertiary alicyclic amines) is 1. The molecule has 2 rings (SSSR count). The van der Waals surface area contributed by atoms with Crippen LogP contribution in [0.25, 0.3) is 0 Å². The standard InChI is InChI=1S/C10H11BrF2N2O/c1-14-5-7(11)4-8(14)9(16)15-3-2-10(12,13)6-15/h4-5H,2-3,6H2,1H3. The lowest BCUT2D eigenvalue weighted by Crippen LogP contribution is -2.32. The van der Waals surface area contributed by atoms with Crippen LogP contribution in [0.5, 0.6) is 0 Å². The normalized spacial score (nSPS) is 19.1. The molecule has 0 aromatic carbocycles. The van der Waals surface area contributed by atoms with E-state index in [-0.39, 0.29) is 18.9 Å². The molecule has 0 bridgehead atoms. The van der Waals surface area contributed by atoms with Gasteiger partial charge in [0.05, 0.1) is 6.54 Å². The van der Waals surface area contributed by atoms with Crippen molar-refractivity contribution in [2.24, 2.45) is 7.05 Å². The third kappa shape index (κ3) is 2.11. The molecule has 0 aliphatic carbocycles. The lowest BCUT2D eigenvalue weighted by molar-refractivity contribution is 0.0119. The molecule has 1 aliphatic heterocycles. The number of hydrogen-bond donors (Lipinski definition) is 0. The average Bonchev–Trinajstić information content (AvgIpc) is 2.68. The second-order valence-electron chi connectivity index (χ2n) is 3.99. The Bertz CT molecular complexity index is 430. The first-order valence-electron chi connectivity index (χ1n) is 4.88. The number of halogens is 3. The first-order valence-corrected chi connectivity index (χ1v) is 5.67. The molecule has 0 N–H and O–H groups in total. The van der Waals surface area contributed by atoms with Gasteiger partial charge in [-0.1, -0.05) is 0 Å². The Labute approximate surface area is 100 Å². The summed E-state index contributed by atoms with van der Waals surface area (Å²) < 4.78 is 28.3. The Balaban J connectivity index is 2.18. The molecule has 0 radical (unpaired) electrons. The largest absolute Gasteiger partial charge is 0.345 e. The summed E-state index contributed by atoms with van der Waals surface area (Å²) in [5, 5.41) is 0. The molecular formula is C10H11BrF2N2O. The van der Waals surface area contributed by atoms with E-state index >= 15 is 0 Å². The van der Waals surface area contributed by atoms with E-state index in [1.165, 1.54) is 4.90 Å². The van der Waals surface area contributed by atoms with Crippen molar-refractivity contribution in [3.63, 3.8) is 0 Å². The number of alkyl halides is 2. The van der Waals surface area contributed by atoms with Crippen molar-refractivity contribution < 1.29 is 13.6 Å². The van der Waals surface area contributed by atoms with Gasteiger partial charge in [0, 0.05) is 30.7 Å². The van der Waals surface area contributed by atoms with Crippen molar-refractivity contribution in [2.45, 2.75) is 12.3 Å². The molecule has 0 atom stereocenters. The maximum absolute atomic E-state index is 13.0. The smallest absolute Gasteiger partial charge is 0.270 e. The first kappa shape index (κ1) is 11.6. The summed E-state index contributed by atoms with van der Waals surface area (Å²) in [4.78, 5) is 13.1. The van der Waals surface area contributed by atoms with Crippen LogP contribution in [0.4, 0.5) is 8.78 Å². The predicted octanol–water partition coefficient (Wildman–Crippen LogP) is 2.27. The highest BCUT2D eigenvalue weighted by molar-refractivity contribution is 9.10. The van der Waals surface area contributed by atoms with E-state index in [2.05, 4.69) is 15.9 Å². The number of hydrogen-bond acceptors (Lipinski definition) is 1. The highest BCUT2D eigenvalue weighted by atomic mass is 79.9. The molecule has 2 heterocycles. The van der Waals surface area contributed by atoms with Crippen LogP contribution in [0, 0.1) is 0 Å². The number of rotatable bonds is 1. The number of aryl methyl sites for hydroxylation is 1. The van der Waals surface area contributed by atoms with Gasteiger partial charge in [-0.05, 0) is 22.0 Å². The molecular weight excluding hydrogens is 282 g/mol. The van der Waals surface area contributed by atoms with Gasteiger partial charge in [-0.2, -0.15) is 0 Å². The number of carbonyl (C=O) groups is 1. The second-order valence-corrected chi connectivity index (χ2v) is 4.90. The molecule has 3 nitrogen and oxygen atoms in total. The highest BCUT2D eigenvalue weighted by Crippen LogP contribution is 2.28. The van der Waals surface area contributed by atoms with Gasteiger partial charge in [0.2, 0.25) is 0 Å². The van der Waals surface area contributed by atoms with Crippen molar-refractivity contribution in [3.8, 4) is 0 Å². The lowest BCUT2D eigenvalue weighted by atomic mass is 10.3. The number of aromatic nitrogens is 1. The number of amides is 1. The minimum atomic E-state index is -2.74. The fourth-order valence-corrected chi connectivity index (χ4v) is 2.33. The molecule has 1 amide bonds. The maximum atomic E-state index is 13.0. The fraction of sp³-hybridized carbons (Fsp3) is 0.500. The van der Waals surface area contributed by atoms with Gasteiger partial charge >= 0.3 is 0 Å². The van der Waals surface area contributed by atoms with Crippen LogP contribution >= 0.6 is 15.9 Å². The fourth-order valence-electron chi connectivity index (χ4n) is 1.81. The highest BCUT2D eigenvalue weighted by Gasteiger charge is 2.40. The summed E-state index contributed by atoms with van der Waals surface area (Å²) in [5.41, 5.74) is 0.421. The molecule has 0 saturated carbocycles. The molecule has 1 fully saturated rings. The third-order valence-corrected chi connectivity index (χ3v) is 3.08. The molecule has 0 spiro atoms. The minimum Gasteiger partial charge on any atom is -0.345 e. The molecule has 1 aromatic rings. The van der Waals surface area contributed by atoms with E-state index in [9.17, 15) is 13.6 Å². The Kier molecular flexibility index (Phi) is 2.77. The van der Waals surface area contributed by atoms with Crippen LogP contribution in [-0.4, -0.2) is 34.4 Å². The molecule has 16 heavy (non-hydrogen) atoms. The van der Waals surface area contributed by atoms with Crippen molar-refractivity contribution >= 4 is 21.8 Å². The number of carbonyl (C=O) groups excluding carboxylic acids is 1. The lowest BCUT2D eigenvalue weighted by Gasteiger charge is -2.16. The molecule has 1 saturated heterocycles. The van der Waals surface area contributed by atoms with Crippen LogP contribution in [0.15, 0.2) is 16.7 Å². The van der Waals surface area contributed by atoms with Crippen LogP contribution < -0.4 is 0 Å². The van der Waals surface area contributed by atoms with Gasteiger partial charge in [0.25, 0.3) is 11.8 Å². The van der Waals surface area contributed by atoms with Crippen molar-refractivity contribution in [1.82, 2.24) is 9.47 Å². The van der Waals surface area contributed by atoms with E-state index in [1.54, 1.807) is 23.9 Å². The van der Waals surface area contributed by atoms with Crippen molar-refractivity contribution in [2.75, 3.05) is 13.1 Å². The molecule has 1 aromatic heterocycles. The zero-order chi connectivity index (χ0) is 11.9. The van der Waals surface area contributed by atoms with E-state index in [0.717, 1.165) is 4.47 Å². The van der Waals surface area contributed by atoms with E-state index in [1.807, 2.05) is 0 Å². The summed E-state index contributed by atoms with van der Waals surface area (Å²) in [6, 6.07) is 1.64. The van der Waals surface area contributed by atoms with Crippen LogP contribution in [0.3, 0.4) is 0 Å². The van der Waals surface area contributed by atoms with Crippen molar-refractivity contribution in [3.05, 3.63) is 22.4 Å². The van der Waals surface area contributed by atoms with Gasteiger partial charge in [-0.15, -0.1) is 0 Å². The van der Waals surface area contributed by atoms with E-state index in [4.69, 9.17) is 0 Å². The second kappa shape index (κ2) is 3.84. The summed E-state index contributed by atoms with van der Waals surface area (Å²) in [5.74, 6) is -3.08. The van der Waals surface area contributed by atoms with E-state index < -0.39 is 12.5 Å². The summed E-state index contributed by atoms with van der Waals surface area (Å²) in [6.07, 6.45) is 1.48. The zero-order valence-electron chi connectivity index (χ0n) is 8.71. The predicted molar refractivity (Wildman–Crippen MR) is 58.6 cm³/mol. The first-order chi connectivity index (χ1) is 7.39. The summed E-state index contributed by atoms with van der Waals surface area (Å²) in [7, 11) is 1.71. The third-order valence-electron chi connectivity index (χ3n) is 2.65. The molecule has 0 unspecified atom stereocenters.